The topological polar surface area (TPSA) is 162 Å². The van der Waals surface area contributed by atoms with Crippen molar-refractivity contribution in [2.24, 2.45) is 0 Å². The Morgan fingerprint density at radius 3 is 0.910 bits per heavy atom. The van der Waals surface area contributed by atoms with Gasteiger partial charge in [0.1, 0.15) is 23.0 Å². The lowest BCUT2D eigenvalue weighted by molar-refractivity contribution is 0.00578. The molecule has 14 heteroatoms. The fraction of sp³-hybridized carbons (Fsp3) is 0.0741. The minimum atomic E-state index is -0.636. The number of rotatable bonds is 8. The molecule has 0 saturated carbocycles. The summed E-state index contributed by atoms with van der Waals surface area (Å²) in [5.41, 5.74) is 22.9. The summed E-state index contributed by atoms with van der Waals surface area (Å²) in [6.07, 6.45) is 0. The minimum absolute atomic E-state index is 0.202. The van der Waals surface area contributed by atoms with Crippen LogP contribution < -0.4 is 14.9 Å². The summed E-state index contributed by atoms with van der Waals surface area (Å²) in [4.78, 5) is 27.8. The Morgan fingerprint density at radius 1 is 0.262 bits per heavy atom. The van der Waals surface area contributed by atoms with Crippen LogP contribution >= 0.6 is 11.6 Å². The highest BCUT2D eigenvalue weighted by Gasteiger charge is 2.55. The summed E-state index contributed by atoms with van der Waals surface area (Å²) in [6, 6.07) is 129. The van der Waals surface area contributed by atoms with Crippen LogP contribution in [0.1, 0.15) is 83.3 Å². The molecule has 23 rings (SSSR count). The number of fused-ring (bicyclic) bond motifs is 20. The van der Waals surface area contributed by atoms with E-state index in [1.54, 1.807) is 0 Å². The molecule has 18 aromatic rings. The maximum absolute atomic E-state index is 9.89. The van der Waals surface area contributed by atoms with Gasteiger partial charge in [0.15, 0.2) is 29.1 Å². The fourth-order valence-electron chi connectivity index (χ4n) is 18.5. The van der Waals surface area contributed by atoms with E-state index in [-0.39, 0.29) is 5.28 Å². The first-order valence-electron chi connectivity index (χ1n) is 40.7. The second-order valence-electron chi connectivity index (χ2n) is 32.0. The number of hydrogen-bond acceptors (Lipinski definition) is 12. The standard InChI is InChI=1S/C51H30N4O.C42H32BNO3.C15H10ClN3/c52-31-36-23-26-38(39-18-8-7-17-37(36)39)34-24-27-44-46(29-34)56-47-30-35(25-28-45(47)51(44)42-21-11-9-19-40(42)41-20-10-12-22-43(41)51)50-54-48(32-13-3-1-4-14-32)53-49(55-50)33-15-5-2-6-16-33;1-40(2)41(3,4)47-43(46-40)28-19-22-37-39(24-28)45-38-23-26(30-20-17-27(25-44)29-11-5-6-12-31(29)30)18-21-36(38)42(37)34-15-9-7-13-32(34)33-14-8-10-16-35(33)42;16-15-18-13(11-7-3-1-4-8-11)17-14(19-15)12-9-5-2-6-10-12/h1-30H;5-24H,1-4H3;1-10H. The molecular weight excluding hydrogens is 1520 g/mol. The average molecular weight is 1590 g/mol. The lowest BCUT2D eigenvalue weighted by atomic mass is 9.65. The summed E-state index contributed by atoms with van der Waals surface area (Å²) < 4.78 is 27.0. The van der Waals surface area contributed by atoms with E-state index < -0.39 is 29.2 Å². The van der Waals surface area contributed by atoms with Crippen molar-refractivity contribution in [3.63, 3.8) is 0 Å². The van der Waals surface area contributed by atoms with Crippen LogP contribution in [0.3, 0.4) is 0 Å². The molecule has 122 heavy (non-hydrogen) atoms. The van der Waals surface area contributed by atoms with Gasteiger partial charge in [0, 0.05) is 60.8 Å². The second-order valence-corrected chi connectivity index (χ2v) is 32.4. The highest BCUT2D eigenvalue weighted by Crippen LogP contribution is 2.65. The highest BCUT2D eigenvalue weighted by atomic mass is 35.5. The van der Waals surface area contributed by atoms with Crippen LogP contribution in [0.2, 0.25) is 5.28 Å². The van der Waals surface area contributed by atoms with Crippen LogP contribution in [0.15, 0.2) is 364 Å². The second kappa shape index (κ2) is 29.8. The van der Waals surface area contributed by atoms with Crippen molar-refractivity contribution < 1.29 is 18.8 Å². The van der Waals surface area contributed by atoms with Crippen molar-refractivity contribution in [1.29, 1.82) is 10.5 Å². The molecule has 0 amide bonds. The largest absolute Gasteiger partial charge is 0.494 e. The van der Waals surface area contributed by atoms with E-state index in [1.165, 1.54) is 44.5 Å². The van der Waals surface area contributed by atoms with Gasteiger partial charge in [0.25, 0.3) is 0 Å². The molecule has 16 aromatic carbocycles. The van der Waals surface area contributed by atoms with Crippen molar-refractivity contribution in [1.82, 2.24) is 29.9 Å². The maximum Gasteiger partial charge on any atom is 0.494 e. The molecule has 2 spiro atoms. The molecular formula is C108H72BClN8O4. The molecule has 3 aliphatic heterocycles. The molecule has 0 unspecified atom stereocenters. The summed E-state index contributed by atoms with van der Waals surface area (Å²) in [7, 11) is -0.509. The molecule has 2 aromatic heterocycles. The van der Waals surface area contributed by atoms with Crippen molar-refractivity contribution in [3.8, 4) is 137 Å². The predicted molar refractivity (Wildman–Crippen MR) is 484 cm³/mol. The molecule has 12 nitrogen and oxygen atoms in total. The van der Waals surface area contributed by atoms with Gasteiger partial charge in [-0.05, 0) is 159 Å². The van der Waals surface area contributed by atoms with Gasteiger partial charge in [0.05, 0.1) is 45.3 Å². The molecule has 1 fully saturated rings. The summed E-state index contributed by atoms with van der Waals surface area (Å²) in [5, 5.41) is 23.8. The van der Waals surface area contributed by atoms with Gasteiger partial charge < -0.3 is 18.8 Å². The lowest BCUT2D eigenvalue weighted by Crippen LogP contribution is -2.41. The first kappa shape index (κ1) is 74.5. The average Bonchev–Trinajstić information content (AvgIpc) is 1.50. The number of halogens is 1. The first-order valence-corrected chi connectivity index (χ1v) is 41.1. The third-order valence-corrected chi connectivity index (χ3v) is 24.9. The van der Waals surface area contributed by atoms with E-state index in [4.69, 9.17) is 45.3 Å². The molecule has 1 saturated heterocycles. The molecule has 0 N–H and O–H groups in total. The number of benzene rings is 16. The fourth-order valence-corrected chi connectivity index (χ4v) is 18.6. The third kappa shape index (κ3) is 12.3. The normalized spacial score (nSPS) is 14.2. The van der Waals surface area contributed by atoms with Gasteiger partial charge in [-0.2, -0.15) is 20.5 Å². The van der Waals surface area contributed by atoms with E-state index >= 15 is 0 Å². The smallest absolute Gasteiger partial charge is 0.457 e. The number of hydrogen-bond donors (Lipinski definition) is 0. The Hall–Kier alpha value is -15.1. The van der Waals surface area contributed by atoms with E-state index in [1.807, 2.05) is 182 Å². The van der Waals surface area contributed by atoms with Crippen LogP contribution in [0.4, 0.5) is 0 Å². The quantitative estimate of drug-likeness (QED) is 0.133. The zero-order valence-electron chi connectivity index (χ0n) is 66.8. The molecule has 5 heterocycles. The molecule has 0 bridgehead atoms. The number of aromatic nitrogens is 6. The van der Waals surface area contributed by atoms with Crippen molar-refractivity contribution in [2.75, 3.05) is 0 Å². The molecule has 0 atom stereocenters. The van der Waals surface area contributed by atoms with Gasteiger partial charge in [-0.1, -0.05) is 328 Å². The van der Waals surface area contributed by atoms with Gasteiger partial charge >= 0.3 is 7.12 Å². The first-order chi connectivity index (χ1) is 59.8. The van der Waals surface area contributed by atoms with Crippen LogP contribution in [0.25, 0.3) is 123 Å². The number of ether oxygens (including phenoxy) is 2. The number of nitriles is 2. The Kier molecular flexibility index (Phi) is 18.2. The molecule has 578 valence electrons. The van der Waals surface area contributed by atoms with E-state index in [9.17, 15) is 10.5 Å². The van der Waals surface area contributed by atoms with Gasteiger partial charge in [0.2, 0.25) is 5.28 Å². The SMILES string of the molecule is CC1(C)OB(c2ccc3c(c2)Oc2cc(-c4ccc(C#N)c5ccccc45)ccc2C32c3ccccc3-c3ccccc32)OC1(C)C.Clc1nc(-c2ccccc2)nc(-c2ccccc2)n1.N#Cc1ccc(-c2ccc3c(c2)Oc2cc(-c4nc(-c5ccccc5)nc(-c5ccccc5)n4)ccc2C32c3ccccc3-c3ccccc32)c2ccccc12. The van der Waals surface area contributed by atoms with E-state index in [0.717, 1.165) is 122 Å². The Balaban J connectivity index is 0.000000125. The number of nitrogens with zero attached hydrogens (tertiary/aromatic N) is 8. The predicted octanol–water partition coefficient (Wildman–Crippen LogP) is 25.0. The zero-order valence-corrected chi connectivity index (χ0v) is 67.6. The highest BCUT2D eigenvalue weighted by molar-refractivity contribution is 6.62. The monoisotopic (exact) mass is 1590 g/mol. The molecule has 2 aliphatic carbocycles. The van der Waals surface area contributed by atoms with Gasteiger partial charge in [-0.3, -0.25) is 0 Å². The van der Waals surface area contributed by atoms with Crippen LogP contribution in [0.5, 0.6) is 23.0 Å². The molecule has 5 aliphatic rings. The van der Waals surface area contributed by atoms with Crippen LogP contribution in [-0.4, -0.2) is 48.2 Å². The van der Waals surface area contributed by atoms with Crippen molar-refractivity contribution in [3.05, 3.63) is 425 Å². The van der Waals surface area contributed by atoms with E-state index in [0.29, 0.717) is 40.2 Å². The third-order valence-electron chi connectivity index (χ3n) is 24.8. The van der Waals surface area contributed by atoms with Gasteiger partial charge in [-0.25, -0.2) is 19.9 Å². The van der Waals surface area contributed by atoms with E-state index in [2.05, 4.69) is 237 Å². The molecule has 0 radical (unpaired) electrons. The summed E-state index contributed by atoms with van der Waals surface area (Å²) in [5.74, 6) is 6.05. The summed E-state index contributed by atoms with van der Waals surface area (Å²) >= 11 is 5.99. The van der Waals surface area contributed by atoms with Crippen LogP contribution in [-0.2, 0) is 20.1 Å². The summed E-state index contributed by atoms with van der Waals surface area (Å²) in [6.45, 7) is 8.31. The van der Waals surface area contributed by atoms with Crippen molar-refractivity contribution in [2.45, 2.75) is 49.7 Å². The Bertz CT molecular complexity index is 7140. The van der Waals surface area contributed by atoms with Gasteiger partial charge in [-0.15, -0.1) is 0 Å². The lowest BCUT2D eigenvalue weighted by Gasteiger charge is -2.39. The Morgan fingerprint density at radius 2 is 0.549 bits per heavy atom. The minimum Gasteiger partial charge on any atom is -0.457 e. The Labute approximate surface area is 711 Å². The van der Waals surface area contributed by atoms with Crippen molar-refractivity contribution >= 4 is 45.7 Å². The maximum atomic E-state index is 9.89. The zero-order chi connectivity index (χ0) is 82.4. The van der Waals surface area contributed by atoms with Crippen LogP contribution in [0, 0.1) is 22.7 Å².